The topological polar surface area (TPSA) is 85.1 Å². The minimum Gasteiger partial charge on any atom is -0.496 e. The molecule has 0 saturated heterocycles. The quantitative estimate of drug-likeness (QED) is 0.282. The number of methoxy groups -OCH3 is 2. The highest BCUT2D eigenvalue weighted by molar-refractivity contribution is 14.0. The molecule has 2 aromatic rings. The number of hydrogen-bond acceptors (Lipinski definition) is 5. The molecule has 0 amide bonds. The van der Waals surface area contributed by atoms with Crippen LogP contribution in [0.4, 0.5) is 0 Å². The summed E-state index contributed by atoms with van der Waals surface area (Å²) < 4.78 is 15.7. The fraction of sp³-hybridized carbons (Fsp3) is 0.368. The molecule has 27 heavy (non-hydrogen) atoms. The second-order valence-electron chi connectivity index (χ2n) is 5.77. The molecule has 0 unspecified atom stereocenters. The Hall–Kier alpha value is -2.23. The molecular weight excluding hydrogens is 461 g/mol. The molecule has 0 bridgehead atoms. The first-order chi connectivity index (χ1) is 12.5. The number of benzene rings is 1. The molecule has 2 N–H and O–H groups in total. The van der Waals surface area contributed by atoms with E-state index < -0.39 is 5.97 Å². The third-order valence-corrected chi connectivity index (χ3v) is 3.92. The fourth-order valence-corrected chi connectivity index (χ4v) is 2.51. The second-order valence-corrected chi connectivity index (χ2v) is 5.77. The average Bonchev–Trinajstić information content (AvgIpc) is 3.02. The number of nitrogens with one attached hydrogen (secondary N) is 2. The molecule has 0 aliphatic rings. The van der Waals surface area contributed by atoms with E-state index in [1.165, 1.54) is 7.11 Å². The lowest BCUT2D eigenvalue weighted by Gasteiger charge is -2.13. The molecule has 1 aromatic carbocycles. The van der Waals surface area contributed by atoms with E-state index in [1.54, 1.807) is 27.1 Å². The van der Waals surface area contributed by atoms with Crippen LogP contribution in [0.15, 0.2) is 33.7 Å². The molecule has 0 aliphatic heterocycles. The van der Waals surface area contributed by atoms with Crippen LogP contribution in [0.5, 0.6) is 5.75 Å². The molecule has 8 heteroatoms. The predicted molar refractivity (Wildman–Crippen MR) is 115 cm³/mol. The number of nitrogens with zero attached hydrogens (tertiary/aromatic N) is 1. The number of hydrogen-bond donors (Lipinski definition) is 2. The van der Waals surface area contributed by atoms with E-state index in [9.17, 15) is 4.79 Å². The Labute approximate surface area is 176 Å². The number of ether oxygens (including phenoxy) is 2. The van der Waals surface area contributed by atoms with Crippen LogP contribution in [-0.2, 0) is 17.8 Å². The standard InChI is InChI=1S/C19H25N3O4.HI/c1-12-6-7-14(17(8-12)24-4)10-21-19(20-3)22-11-15-9-16(13(2)26-15)18(23)25-5;/h6-9H,10-11H2,1-5H3,(H2,20,21,22);1H. The van der Waals surface area contributed by atoms with E-state index in [4.69, 9.17) is 13.9 Å². The van der Waals surface area contributed by atoms with Gasteiger partial charge in [-0.1, -0.05) is 12.1 Å². The van der Waals surface area contributed by atoms with Gasteiger partial charge in [0.25, 0.3) is 0 Å². The number of aliphatic imine (C=N–C) groups is 1. The molecule has 1 aromatic heterocycles. The fourth-order valence-electron chi connectivity index (χ4n) is 2.51. The van der Waals surface area contributed by atoms with Gasteiger partial charge in [-0.25, -0.2) is 4.79 Å². The lowest BCUT2D eigenvalue weighted by molar-refractivity contribution is 0.0599. The molecule has 0 atom stereocenters. The number of carbonyl (C=O) groups excluding carboxylic acids is 1. The highest BCUT2D eigenvalue weighted by Gasteiger charge is 2.15. The molecule has 1 heterocycles. The number of esters is 1. The van der Waals surface area contributed by atoms with Gasteiger partial charge in [0, 0.05) is 19.2 Å². The van der Waals surface area contributed by atoms with Crippen molar-refractivity contribution in [1.29, 1.82) is 0 Å². The lowest BCUT2D eigenvalue weighted by Crippen LogP contribution is -2.36. The average molecular weight is 487 g/mol. The van der Waals surface area contributed by atoms with Crippen molar-refractivity contribution in [3.8, 4) is 5.75 Å². The Morgan fingerprint density at radius 1 is 1.15 bits per heavy atom. The number of guanidine groups is 1. The van der Waals surface area contributed by atoms with Crippen LogP contribution in [0.1, 0.15) is 33.0 Å². The molecule has 148 valence electrons. The van der Waals surface area contributed by atoms with E-state index >= 15 is 0 Å². The van der Waals surface area contributed by atoms with Crippen molar-refractivity contribution >= 4 is 35.9 Å². The molecule has 2 rings (SSSR count). The van der Waals surface area contributed by atoms with Crippen molar-refractivity contribution < 1.29 is 18.7 Å². The minimum absolute atomic E-state index is 0. The van der Waals surface area contributed by atoms with Crippen molar-refractivity contribution in [2.24, 2.45) is 4.99 Å². The normalized spacial score (nSPS) is 10.8. The van der Waals surface area contributed by atoms with Gasteiger partial charge in [-0.05, 0) is 31.5 Å². The first-order valence-electron chi connectivity index (χ1n) is 8.24. The van der Waals surface area contributed by atoms with Gasteiger partial charge in [0.2, 0.25) is 0 Å². The molecule has 0 aliphatic carbocycles. The minimum atomic E-state index is -0.411. The van der Waals surface area contributed by atoms with Gasteiger partial charge in [-0.2, -0.15) is 0 Å². The maximum Gasteiger partial charge on any atom is 0.341 e. The summed E-state index contributed by atoms with van der Waals surface area (Å²) in [5, 5.41) is 6.39. The SMILES string of the molecule is CN=C(NCc1cc(C(=O)OC)c(C)o1)NCc1ccc(C)cc1OC.I. The Kier molecular flexibility index (Phi) is 9.13. The van der Waals surface area contributed by atoms with Gasteiger partial charge in [0.05, 0.1) is 20.8 Å². The number of aryl methyl sites for hydroxylation is 2. The summed E-state index contributed by atoms with van der Waals surface area (Å²) in [6.07, 6.45) is 0. The van der Waals surface area contributed by atoms with Crippen LogP contribution in [0.25, 0.3) is 0 Å². The van der Waals surface area contributed by atoms with Gasteiger partial charge in [0.15, 0.2) is 5.96 Å². The third-order valence-electron chi connectivity index (χ3n) is 3.92. The molecular formula is C19H26IN3O4. The van der Waals surface area contributed by atoms with E-state index in [0.29, 0.717) is 36.1 Å². The number of carbonyl (C=O) groups is 1. The van der Waals surface area contributed by atoms with Crippen LogP contribution < -0.4 is 15.4 Å². The smallest absolute Gasteiger partial charge is 0.341 e. The van der Waals surface area contributed by atoms with Crippen molar-refractivity contribution in [2.75, 3.05) is 21.3 Å². The van der Waals surface area contributed by atoms with Crippen molar-refractivity contribution in [1.82, 2.24) is 10.6 Å². The molecule has 7 nitrogen and oxygen atoms in total. The van der Waals surface area contributed by atoms with Crippen molar-refractivity contribution in [2.45, 2.75) is 26.9 Å². The summed E-state index contributed by atoms with van der Waals surface area (Å²) in [6.45, 7) is 4.71. The summed E-state index contributed by atoms with van der Waals surface area (Å²) in [5.41, 5.74) is 2.60. The van der Waals surface area contributed by atoms with Gasteiger partial charge < -0.3 is 24.5 Å². The Morgan fingerprint density at radius 2 is 1.85 bits per heavy atom. The number of halogens is 1. The van der Waals surface area contributed by atoms with Crippen LogP contribution in [0.3, 0.4) is 0 Å². The Bertz CT molecular complexity index is 802. The zero-order chi connectivity index (χ0) is 19.1. The first kappa shape index (κ1) is 22.8. The maximum atomic E-state index is 11.6. The molecule has 0 spiro atoms. The maximum absolute atomic E-state index is 11.6. The van der Waals surface area contributed by atoms with Crippen molar-refractivity contribution in [3.05, 3.63) is 52.5 Å². The summed E-state index contributed by atoms with van der Waals surface area (Å²) >= 11 is 0. The lowest BCUT2D eigenvalue weighted by atomic mass is 10.1. The summed E-state index contributed by atoms with van der Waals surface area (Å²) in [7, 11) is 4.69. The van der Waals surface area contributed by atoms with Gasteiger partial charge in [-0.15, -0.1) is 24.0 Å². The zero-order valence-electron chi connectivity index (χ0n) is 16.2. The van der Waals surface area contributed by atoms with E-state index in [1.807, 2.05) is 25.1 Å². The van der Waals surface area contributed by atoms with Crippen LogP contribution in [0, 0.1) is 13.8 Å². The molecule has 0 radical (unpaired) electrons. The Balaban J connectivity index is 0.00000364. The van der Waals surface area contributed by atoms with Crippen LogP contribution in [0.2, 0.25) is 0 Å². The van der Waals surface area contributed by atoms with Crippen LogP contribution >= 0.6 is 24.0 Å². The summed E-state index contributed by atoms with van der Waals surface area (Å²) in [4.78, 5) is 15.8. The molecule has 0 fully saturated rings. The van der Waals surface area contributed by atoms with Gasteiger partial charge >= 0.3 is 5.97 Å². The number of furan rings is 1. The number of rotatable bonds is 6. The highest BCUT2D eigenvalue weighted by Crippen LogP contribution is 2.19. The molecule has 0 saturated carbocycles. The summed E-state index contributed by atoms with van der Waals surface area (Å²) in [6, 6.07) is 7.72. The third kappa shape index (κ3) is 6.16. The van der Waals surface area contributed by atoms with Gasteiger partial charge in [-0.3, -0.25) is 4.99 Å². The van der Waals surface area contributed by atoms with E-state index in [0.717, 1.165) is 16.9 Å². The Morgan fingerprint density at radius 3 is 2.48 bits per heavy atom. The summed E-state index contributed by atoms with van der Waals surface area (Å²) in [5.74, 6) is 2.19. The van der Waals surface area contributed by atoms with E-state index in [-0.39, 0.29) is 24.0 Å². The predicted octanol–water partition coefficient (Wildman–Crippen LogP) is 3.17. The first-order valence-corrected chi connectivity index (χ1v) is 8.24. The van der Waals surface area contributed by atoms with E-state index in [2.05, 4.69) is 15.6 Å². The van der Waals surface area contributed by atoms with Crippen LogP contribution in [-0.4, -0.2) is 33.2 Å². The largest absolute Gasteiger partial charge is 0.496 e. The zero-order valence-corrected chi connectivity index (χ0v) is 18.5. The van der Waals surface area contributed by atoms with Gasteiger partial charge in [0.1, 0.15) is 22.8 Å². The monoisotopic (exact) mass is 487 g/mol. The second kappa shape index (κ2) is 10.8. The highest BCUT2D eigenvalue weighted by atomic mass is 127. The van der Waals surface area contributed by atoms with Crippen molar-refractivity contribution in [3.63, 3.8) is 0 Å².